The third kappa shape index (κ3) is 12.6. The molecule has 0 saturated carbocycles. The molecule has 3 nitrogen and oxygen atoms in total. The van der Waals surface area contributed by atoms with E-state index in [-0.39, 0.29) is 19.8 Å². The van der Waals surface area contributed by atoms with Crippen LogP contribution in [0.5, 0.6) is 0 Å². The van der Waals surface area contributed by atoms with E-state index in [9.17, 15) is 0 Å². The first-order valence-corrected chi connectivity index (χ1v) is 3.99. The van der Waals surface area contributed by atoms with Crippen molar-refractivity contribution < 1.29 is 4.79 Å². The molecule has 15 heavy (non-hydrogen) atoms. The fraction of sp³-hybridized carbons (Fsp3) is 0. The van der Waals surface area contributed by atoms with Gasteiger partial charge in [0.05, 0.1) is 0 Å². The Labute approximate surface area is 103 Å². The fourth-order valence-electron chi connectivity index (χ4n) is 0.625. The zero-order valence-electron chi connectivity index (χ0n) is 7.78. The fourth-order valence-corrected chi connectivity index (χ4v) is 0.625. The molecule has 0 aromatic carbocycles. The Balaban J connectivity index is 0. The van der Waals surface area contributed by atoms with Crippen LogP contribution in [0.15, 0.2) is 61.2 Å². The molecule has 0 aliphatic carbocycles. The minimum Gasteiger partial charge on any atom is -0.265 e. The molecular formula is C11H15GaN2O. The third-order valence-electron chi connectivity index (χ3n) is 1.13. The van der Waals surface area contributed by atoms with Gasteiger partial charge in [-0.3, -0.25) is 9.97 Å². The molecule has 4 heteroatoms. The summed E-state index contributed by atoms with van der Waals surface area (Å²) in [6.07, 6.45) is 7.00. The molecule has 2 aromatic rings. The molecule has 0 amide bonds. The van der Waals surface area contributed by atoms with Crippen molar-refractivity contribution in [3.8, 4) is 0 Å². The maximum absolute atomic E-state index is 8.00. The number of carbonyl (C=O) groups is 1. The van der Waals surface area contributed by atoms with Crippen molar-refractivity contribution in [3.05, 3.63) is 61.2 Å². The zero-order valence-corrected chi connectivity index (χ0v) is 7.78. The Morgan fingerprint density at radius 3 is 0.933 bits per heavy atom. The molecule has 0 aliphatic rings. The van der Waals surface area contributed by atoms with E-state index < -0.39 is 0 Å². The van der Waals surface area contributed by atoms with Gasteiger partial charge in [0.2, 0.25) is 0 Å². The van der Waals surface area contributed by atoms with Crippen LogP contribution in [-0.2, 0) is 4.79 Å². The van der Waals surface area contributed by atoms with Gasteiger partial charge in [0.1, 0.15) is 6.79 Å². The second-order valence-electron chi connectivity index (χ2n) is 2.05. The zero-order chi connectivity index (χ0) is 10.5. The summed E-state index contributed by atoms with van der Waals surface area (Å²) in [6.45, 7) is 2.00. The van der Waals surface area contributed by atoms with Crippen LogP contribution >= 0.6 is 0 Å². The van der Waals surface area contributed by atoms with Crippen molar-refractivity contribution in [2.45, 2.75) is 0 Å². The summed E-state index contributed by atoms with van der Waals surface area (Å²) in [5.74, 6) is 0. The van der Waals surface area contributed by atoms with Crippen LogP contribution in [0.2, 0.25) is 0 Å². The van der Waals surface area contributed by atoms with E-state index in [0.717, 1.165) is 0 Å². The molecule has 2 heterocycles. The minimum atomic E-state index is 0. The van der Waals surface area contributed by atoms with Crippen molar-refractivity contribution in [2.24, 2.45) is 0 Å². The van der Waals surface area contributed by atoms with Crippen LogP contribution in [-0.4, -0.2) is 36.5 Å². The van der Waals surface area contributed by atoms with E-state index in [1.807, 2.05) is 43.2 Å². The maximum atomic E-state index is 8.00. The molecule has 2 aromatic heterocycles. The normalized spacial score (nSPS) is 6.67. The molecular weight excluding hydrogens is 246 g/mol. The number of rotatable bonds is 0. The van der Waals surface area contributed by atoms with Gasteiger partial charge in [0.25, 0.3) is 0 Å². The van der Waals surface area contributed by atoms with Gasteiger partial charge < -0.3 is 4.79 Å². The van der Waals surface area contributed by atoms with E-state index in [0.29, 0.717) is 0 Å². The summed E-state index contributed by atoms with van der Waals surface area (Å²) < 4.78 is 0. The van der Waals surface area contributed by atoms with Gasteiger partial charge in [-0.25, -0.2) is 0 Å². The van der Waals surface area contributed by atoms with Crippen LogP contribution in [0, 0.1) is 0 Å². The Kier molecular flexibility index (Phi) is 16.2. The molecule has 78 valence electrons. The number of pyridine rings is 2. The molecule has 0 radical (unpaired) electrons. The SMILES string of the molecule is C=O.[GaH3].c1ccncc1.c1ccncc1. The van der Waals surface area contributed by atoms with Gasteiger partial charge in [-0.05, 0) is 24.3 Å². The quantitative estimate of drug-likeness (QED) is 0.658. The predicted molar refractivity (Wildman–Crippen MR) is 65.5 cm³/mol. The monoisotopic (exact) mass is 260 g/mol. The average molecular weight is 261 g/mol. The number of hydrogen-bond donors (Lipinski definition) is 0. The van der Waals surface area contributed by atoms with E-state index in [2.05, 4.69) is 9.97 Å². The Morgan fingerprint density at radius 2 is 0.867 bits per heavy atom. The first-order valence-electron chi connectivity index (χ1n) is 3.99. The first-order chi connectivity index (χ1) is 7.00. The molecule has 0 atom stereocenters. The van der Waals surface area contributed by atoms with Gasteiger partial charge in [0, 0.05) is 24.8 Å². The minimum absolute atomic E-state index is 0. The molecule has 0 saturated heterocycles. The van der Waals surface area contributed by atoms with Crippen molar-refractivity contribution in [1.29, 1.82) is 0 Å². The van der Waals surface area contributed by atoms with Crippen molar-refractivity contribution in [1.82, 2.24) is 9.97 Å². The van der Waals surface area contributed by atoms with Gasteiger partial charge in [0.15, 0.2) is 0 Å². The number of carbonyl (C=O) groups excluding carboxylic acids is 1. The molecule has 0 bridgehead atoms. The standard InChI is InChI=1S/2C5H5N.CH2O.Ga.3H/c2*1-2-4-6-5-3-1;1-2;;;;/h2*1-5H;1H2;;;;. The summed E-state index contributed by atoms with van der Waals surface area (Å²) >= 11 is 0. The molecule has 0 spiro atoms. The predicted octanol–water partition coefficient (Wildman–Crippen LogP) is 0.794. The smallest absolute Gasteiger partial charge is 0.0267 e. The Bertz CT molecular complexity index is 207. The van der Waals surface area contributed by atoms with Crippen LogP contribution in [0.25, 0.3) is 0 Å². The molecule has 0 N–H and O–H groups in total. The summed E-state index contributed by atoms with van der Waals surface area (Å²) in [5.41, 5.74) is 0. The maximum Gasteiger partial charge on any atom is 0.0267 e. The summed E-state index contributed by atoms with van der Waals surface area (Å²) in [5, 5.41) is 0. The summed E-state index contributed by atoms with van der Waals surface area (Å²) in [6, 6.07) is 11.4. The Morgan fingerprint density at radius 1 is 0.600 bits per heavy atom. The van der Waals surface area contributed by atoms with Crippen molar-refractivity contribution >= 4 is 26.6 Å². The second kappa shape index (κ2) is 15.1. The summed E-state index contributed by atoms with van der Waals surface area (Å²) in [4.78, 5) is 15.6. The summed E-state index contributed by atoms with van der Waals surface area (Å²) in [7, 11) is 0. The number of hydrogen-bond acceptors (Lipinski definition) is 3. The molecule has 0 aliphatic heterocycles. The number of nitrogens with zero attached hydrogens (tertiary/aromatic N) is 2. The molecule has 0 unspecified atom stereocenters. The Hall–Kier alpha value is -1.39. The van der Waals surface area contributed by atoms with E-state index in [4.69, 9.17) is 4.79 Å². The van der Waals surface area contributed by atoms with Crippen molar-refractivity contribution in [2.75, 3.05) is 0 Å². The number of aromatic nitrogens is 2. The van der Waals surface area contributed by atoms with E-state index in [1.54, 1.807) is 24.8 Å². The van der Waals surface area contributed by atoms with Crippen LogP contribution < -0.4 is 0 Å². The van der Waals surface area contributed by atoms with Crippen LogP contribution in [0.4, 0.5) is 0 Å². The molecule has 2 rings (SSSR count). The largest absolute Gasteiger partial charge is 0.265 e. The van der Waals surface area contributed by atoms with E-state index >= 15 is 0 Å². The van der Waals surface area contributed by atoms with Gasteiger partial charge in [-0.1, -0.05) is 12.1 Å². The topological polar surface area (TPSA) is 42.9 Å². The van der Waals surface area contributed by atoms with Gasteiger partial charge in [-0.15, -0.1) is 0 Å². The van der Waals surface area contributed by atoms with Crippen LogP contribution in [0.1, 0.15) is 0 Å². The van der Waals surface area contributed by atoms with Gasteiger partial charge in [-0.2, -0.15) is 0 Å². The van der Waals surface area contributed by atoms with Crippen molar-refractivity contribution in [3.63, 3.8) is 0 Å². The van der Waals surface area contributed by atoms with Crippen LogP contribution in [0.3, 0.4) is 0 Å². The average Bonchev–Trinajstić information content (AvgIpc) is 2.37. The van der Waals surface area contributed by atoms with E-state index in [1.165, 1.54) is 0 Å². The molecule has 0 fully saturated rings. The first kappa shape index (κ1) is 16.1. The second-order valence-corrected chi connectivity index (χ2v) is 2.05. The third-order valence-corrected chi connectivity index (χ3v) is 1.13. The van der Waals surface area contributed by atoms with Gasteiger partial charge >= 0.3 is 19.8 Å².